The smallest absolute Gasteiger partial charge is 0.319 e. The molecule has 116 valence electrons. The molecule has 2 N–H and O–H groups in total. The molecule has 0 radical (unpaired) electrons. The molecule has 0 aliphatic heterocycles. The fourth-order valence-corrected chi connectivity index (χ4v) is 2.10. The van der Waals surface area contributed by atoms with Gasteiger partial charge in [-0.3, -0.25) is 0 Å². The molecule has 0 spiro atoms. The molecule has 4 nitrogen and oxygen atoms in total. The Balaban J connectivity index is 1.95. The van der Waals surface area contributed by atoms with Crippen LogP contribution in [-0.4, -0.2) is 12.6 Å². The molecule has 0 aliphatic rings. The molecule has 23 heavy (non-hydrogen) atoms. The first-order valence-electron chi connectivity index (χ1n) is 6.74. The summed E-state index contributed by atoms with van der Waals surface area (Å²) in [5.74, 6) is 0. The van der Waals surface area contributed by atoms with Crippen molar-refractivity contribution in [2.75, 3.05) is 11.9 Å². The lowest BCUT2D eigenvalue weighted by molar-refractivity contribution is 0.253. The lowest BCUT2D eigenvalue weighted by Gasteiger charge is -2.07. The first kappa shape index (κ1) is 16.9. The number of nitriles is 1. The van der Waals surface area contributed by atoms with Gasteiger partial charge < -0.3 is 10.6 Å². The fraction of sp³-hybridized carbons (Fsp3) is 0.0588. The minimum absolute atomic E-state index is 0.0984. The maximum absolute atomic E-state index is 11.8. The lowest BCUT2D eigenvalue weighted by Crippen LogP contribution is -2.30. The van der Waals surface area contributed by atoms with Crippen molar-refractivity contribution in [3.05, 3.63) is 69.7 Å². The summed E-state index contributed by atoms with van der Waals surface area (Å²) in [6, 6.07) is 15.5. The third-order valence-electron chi connectivity index (χ3n) is 2.92. The lowest BCUT2D eigenvalue weighted by atomic mass is 10.1. The molecule has 0 saturated carbocycles. The summed E-state index contributed by atoms with van der Waals surface area (Å²) in [5, 5.41) is 15.6. The highest BCUT2D eigenvalue weighted by Crippen LogP contribution is 2.18. The van der Waals surface area contributed by atoms with Crippen LogP contribution in [0.3, 0.4) is 0 Å². The van der Waals surface area contributed by atoms with Crippen LogP contribution in [0.5, 0.6) is 0 Å². The van der Waals surface area contributed by atoms with E-state index in [0.29, 0.717) is 21.3 Å². The van der Waals surface area contributed by atoms with Crippen LogP contribution in [0.1, 0.15) is 5.56 Å². The van der Waals surface area contributed by atoms with E-state index in [9.17, 15) is 4.79 Å². The van der Waals surface area contributed by atoms with Gasteiger partial charge in [-0.15, -0.1) is 0 Å². The first-order valence-corrected chi connectivity index (χ1v) is 7.49. The zero-order chi connectivity index (χ0) is 16.7. The first-order chi connectivity index (χ1) is 11.1. The molecule has 0 aromatic heterocycles. The Morgan fingerprint density at radius 1 is 1.13 bits per heavy atom. The summed E-state index contributed by atoms with van der Waals surface area (Å²) in [4.78, 5) is 11.8. The number of anilines is 1. The molecule has 0 saturated heterocycles. The second-order valence-corrected chi connectivity index (χ2v) is 5.46. The van der Waals surface area contributed by atoms with Crippen molar-refractivity contribution in [1.82, 2.24) is 5.32 Å². The number of urea groups is 1. The van der Waals surface area contributed by atoms with Crippen molar-refractivity contribution in [3.8, 4) is 6.07 Å². The zero-order valence-corrected chi connectivity index (χ0v) is 13.5. The van der Waals surface area contributed by atoms with Crippen LogP contribution in [0.4, 0.5) is 10.5 Å². The van der Waals surface area contributed by atoms with Crippen LogP contribution in [-0.2, 0) is 0 Å². The summed E-state index contributed by atoms with van der Waals surface area (Å²) in [5.41, 5.74) is 1.73. The van der Waals surface area contributed by atoms with E-state index in [0.717, 1.165) is 5.56 Å². The van der Waals surface area contributed by atoms with E-state index < -0.39 is 6.03 Å². The molecule has 0 bridgehead atoms. The molecule has 0 atom stereocenters. The Hall–Kier alpha value is -2.48. The SMILES string of the molecule is N#C/C(=C/c1ccccc1Cl)CNC(=O)Nc1ccc(Cl)cc1. The van der Waals surface area contributed by atoms with Gasteiger partial charge in [0.1, 0.15) is 0 Å². The van der Waals surface area contributed by atoms with Crippen molar-refractivity contribution in [2.24, 2.45) is 0 Å². The van der Waals surface area contributed by atoms with Crippen molar-refractivity contribution in [3.63, 3.8) is 0 Å². The van der Waals surface area contributed by atoms with Crippen LogP contribution in [0.25, 0.3) is 6.08 Å². The Kier molecular flexibility index (Phi) is 6.04. The molecule has 0 fully saturated rings. The molecule has 2 amide bonds. The standard InChI is InChI=1S/C17H13Cl2N3O/c18-14-5-7-15(8-6-14)22-17(23)21-11-12(10-20)9-13-3-1-2-4-16(13)19/h1-9H,11H2,(H2,21,22,23)/b12-9-. The highest BCUT2D eigenvalue weighted by Gasteiger charge is 2.04. The molecule has 0 unspecified atom stereocenters. The molecule has 2 aromatic carbocycles. The van der Waals surface area contributed by atoms with Gasteiger partial charge in [-0.1, -0.05) is 41.4 Å². The summed E-state index contributed by atoms with van der Waals surface area (Å²) in [6.07, 6.45) is 1.64. The Bertz CT molecular complexity index is 764. The maximum Gasteiger partial charge on any atom is 0.319 e. The number of benzene rings is 2. The summed E-state index contributed by atoms with van der Waals surface area (Å²) in [7, 11) is 0. The number of hydrogen-bond acceptors (Lipinski definition) is 2. The van der Waals surface area contributed by atoms with Gasteiger partial charge in [0.25, 0.3) is 0 Å². The van der Waals surface area contributed by atoms with Crippen LogP contribution in [0.2, 0.25) is 10.0 Å². The van der Waals surface area contributed by atoms with E-state index in [1.165, 1.54) is 0 Å². The minimum atomic E-state index is -0.410. The van der Waals surface area contributed by atoms with Crippen molar-refractivity contribution >= 4 is 41.0 Å². The van der Waals surface area contributed by atoms with Crippen molar-refractivity contribution in [1.29, 1.82) is 5.26 Å². The number of halogens is 2. The monoisotopic (exact) mass is 345 g/mol. The van der Waals surface area contributed by atoms with Gasteiger partial charge in [-0.2, -0.15) is 5.26 Å². The van der Waals surface area contributed by atoms with E-state index in [-0.39, 0.29) is 6.54 Å². The van der Waals surface area contributed by atoms with E-state index in [1.54, 1.807) is 42.5 Å². The number of nitrogens with zero attached hydrogens (tertiary/aromatic N) is 1. The normalized spacial score (nSPS) is 10.7. The van der Waals surface area contributed by atoms with Gasteiger partial charge in [0.2, 0.25) is 0 Å². The number of rotatable bonds is 4. The third kappa shape index (κ3) is 5.33. The topological polar surface area (TPSA) is 64.9 Å². The average Bonchev–Trinajstić information content (AvgIpc) is 2.55. The van der Waals surface area contributed by atoms with Crippen molar-refractivity contribution < 1.29 is 4.79 Å². The quantitative estimate of drug-likeness (QED) is 0.787. The number of carbonyl (C=O) groups is 1. The van der Waals surface area contributed by atoms with Crippen LogP contribution < -0.4 is 10.6 Å². The van der Waals surface area contributed by atoms with E-state index >= 15 is 0 Å². The van der Waals surface area contributed by atoms with Crippen LogP contribution in [0, 0.1) is 11.3 Å². The van der Waals surface area contributed by atoms with Crippen LogP contribution in [0.15, 0.2) is 54.1 Å². The molecule has 2 rings (SSSR count). The predicted molar refractivity (Wildman–Crippen MR) is 93.5 cm³/mol. The van der Waals surface area contributed by atoms with Crippen molar-refractivity contribution in [2.45, 2.75) is 0 Å². The summed E-state index contributed by atoms with van der Waals surface area (Å²) in [6.45, 7) is 0.0984. The fourth-order valence-electron chi connectivity index (χ4n) is 1.79. The number of amides is 2. The number of nitrogens with one attached hydrogen (secondary N) is 2. The maximum atomic E-state index is 11.8. The second kappa shape index (κ2) is 8.23. The van der Waals surface area contributed by atoms with Gasteiger partial charge in [-0.25, -0.2) is 4.79 Å². The van der Waals surface area contributed by atoms with E-state index in [2.05, 4.69) is 10.6 Å². The molecule has 0 heterocycles. The number of hydrogen-bond donors (Lipinski definition) is 2. The zero-order valence-electron chi connectivity index (χ0n) is 12.0. The second-order valence-electron chi connectivity index (χ2n) is 4.62. The molecule has 2 aromatic rings. The highest BCUT2D eigenvalue weighted by atomic mass is 35.5. The highest BCUT2D eigenvalue weighted by molar-refractivity contribution is 6.32. The third-order valence-corrected chi connectivity index (χ3v) is 3.52. The predicted octanol–water partition coefficient (Wildman–Crippen LogP) is 4.72. The Labute approximate surface area is 144 Å². The van der Waals surface area contributed by atoms with Gasteiger partial charge in [-0.05, 0) is 42.0 Å². The molecule has 0 aliphatic carbocycles. The van der Waals surface area contributed by atoms with Crippen LogP contribution >= 0.6 is 23.2 Å². The molecular formula is C17H13Cl2N3O. The Morgan fingerprint density at radius 2 is 1.83 bits per heavy atom. The average molecular weight is 346 g/mol. The Morgan fingerprint density at radius 3 is 2.48 bits per heavy atom. The molecular weight excluding hydrogens is 333 g/mol. The van der Waals surface area contributed by atoms with Gasteiger partial charge in [0, 0.05) is 21.3 Å². The van der Waals surface area contributed by atoms with Gasteiger partial charge >= 0.3 is 6.03 Å². The minimum Gasteiger partial charge on any atom is -0.333 e. The van der Waals surface area contributed by atoms with E-state index in [4.69, 9.17) is 28.5 Å². The van der Waals surface area contributed by atoms with E-state index in [1.807, 2.05) is 18.2 Å². The van der Waals surface area contributed by atoms with Gasteiger partial charge in [0.15, 0.2) is 0 Å². The van der Waals surface area contributed by atoms with Gasteiger partial charge in [0.05, 0.1) is 12.6 Å². The summed E-state index contributed by atoms with van der Waals surface area (Å²) < 4.78 is 0. The largest absolute Gasteiger partial charge is 0.333 e. The number of carbonyl (C=O) groups excluding carboxylic acids is 1. The molecule has 6 heteroatoms. The summed E-state index contributed by atoms with van der Waals surface area (Å²) >= 11 is 11.8.